The molecule has 52 heavy (non-hydrogen) atoms. The van der Waals surface area contributed by atoms with Crippen LogP contribution >= 0.6 is 0 Å². The summed E-state index contributed by atoms with van der Waals surface area (Å²) in [6.07, 6.45) is 0. The lowest BCUT2D eigenvalue weighted by Gasteiger charge is -2.18. The zero-order valence-electron chi connectivity index (χ0n) is 28.0. The molecule has 0 aliphatic rings. The number of hydrogen-bond donors (Lipinski definition) is 0. The van der Waals surface area contributed by atoms with Crippen LogP contribution in [0.25, 0.3) is 104 Å². The number of furan rings is 1. The highest BCUT2D eigenvalue weighted by Gasteiger charge is 2.24. The highest BCUT2D eigenvalue weighted by Crippen LogP contribution is 2.44. The summed E-state index contributed by atoms with van der Waals surface area (Å²) in [5.74, 6) is 0. The first-order valence-corrected chi connectivity index (χ1v) is 17.8. The molecule has 0 N–H and O–H groups in total. The molecule has 12 rings (SSSR count). The standard InChI is InChI=1S/C48H29N3O/c1-7-19-38-31(13-1)32-14-2-8-20-39(32)49(38)30-25-26-43-37(29-30)35-17-5-11-23-42(35)51(43)48-44(27-28-46-47(48)36-18-6-12-24-45(36)52-46)50-40-21-9-3-15-33(40)34-16-4-10-22-41(34)50/h1-29H. The Bertz CT molecular complexity index is 3320. The topological polar surface area (TPSA) is 27.9 Å². The van der Waals surface area contributed by atoms with Gasteiger partial charge in [-0.3, -0.25) is 0 Å². The summed E-state index contributed by atoms with van der Waals surface area (Å²) in [7, 11) is 0. The SMILES string of the molecule is c1ccc2c(c1)oc1ccc(-n3c4ccccc4c4ccccc43)c(-n3c4ccccc4c4cc(-n5c6ccccc6c6ccccc65)ccc43)c12. The van der Waals surface area contributed by atoms with Gasteiger partial charge >= 0.3 is 0 Å². The van der Waals surface area contributed by atoms with Crippen molar-refractivity contribution in [2.45, 2.75) is 0 Å². The van der Waals surface area contributed by atoms with Crippen molar-refractivity contribution in [1.29, 1.82) is 0 Å². The van der Waals surface area contributed by atoms with Crippen LogP contribution in [0.2, 0.25) is 0 Å². The van der Waals surface area contributed by atoms with Crippen LogP contribution in [0.3, 0.4) is 0 Å². The van der Waals surface area contributed by atoms with Gasteiger partial charge < -0.3 is 18.1 Å². The van der Waals surface area contributed by atoms with Gasteiger partial charge in [0.25, 0.3) is 0 Å². The van der Waals surface area contributed by atoms with Gasteiger partial charge in [-0.2, -0.15) is 0 Å². The molecule has 8 aromatic carbocycles. The van der Waals surface area contributed by atoms with E-state index in [0.29, 0.717) is 0 Å². The Morgan fingerprint density at radius 1 is 0.308 bits per heavy atom. The molecule has 0 bridgehead atoms. The van der Waals surface area contributed by atoms with Crippen LogP contribution in [-0.2, 0) is 0 Å². The summed E-state index contributed by atoms with van der Waals surface area (Å²) in [4.78, 5) is 0. The van der Waals surface area contributed by atoms with Crippen molar-refractivity contribution in [1.82, 2.24) is 13.7 Å². The van der Waals surface area contributed by atoms with Crippen molar-refractivity contribution < 1.29 is 4.42 Å². The lowest BCUT2D eigenvalue weighted by atomic mass is 10.1. The summed E-state index contributed by atoms with van der Waals surface area (Å²) in [5, 5.41) is 9.60. The van der Waals surface area contributed by atoms with Crippen LogP contribution in [0.15, 0.2) is 180 Å². The third-order valence-corrected chi connectivity index (χ3v) is 11.0. The third-order valence-electron chi connectivity index (χ3n) is 11.0. The van der Waals surface area contributed by atoms with Crippen molar-refractivity contribution in [2.24, 2.45) is 0 Å². The minimum Gasteiger partial charge on any atom is -0.456 e. The van der Waals surface area contributed by atoms with E-state index in [1.807, 2.05) is 0 Å². The normalized spacial score (nSPS) is 12.2. The fourth-order valence-corrected chi connectivity index (χ4v) is 8.92. The number of rotatable bonds is 3. The van der Waals surface area contributed by atoms with Crippen molar-refractivity contribution >= 4 is 87.4 Å². The first kappa shape index (κ1) is 27.7. The Hall–Kier alpha value is -7.04. The monoisotopic (exact) mass is 663 g/mol. The van der Waals surface area contributed by atoms with Gasteiger partial charge in [0.15, 0.2) is 0 Å². The van der Waals surface area contributed by atoms with Crippen LogP contribution < -0.4 is 0 Å². The zero-order valence-corrected chi connectivity index (χ0v) is 28.0. The maximum absolute atomic E-state index is 6.59. The Labute approximate surface area is 297 Å². The van der Waals surface area contributed by atoms with Crippen LogP contribution in [-0.4, -0.2) is 13.7 Å². The largest absolute Gasteiger partial charge is 0.456 e. The predicted molar refractivity (Wildman–Crippen MR) is 217 cm³/mol. The fourth-order valence-electron chi connectivity index (χ4n) is 8.92. The van der Waals surface area contributed by atoms with E-state index in [2.05, 4.69) is 190 Å². The van der Waals surface area contributed by atoms with E-state index >= 15 is 0 Å². The lowest BCUT2D eigenvalue weighted by Crippen LogP contribution is -2.04. The molecule has 0 atom stereocenters. The van der Waals surface area contributed by atoms with Gasteiger partial charge in [-0.05, 0) is 66.7 Å². The Kier molecular flexibility index (Phi) is 5.47. The molecule has 0 aliphatic heterocycles. The molecular weight excluding hydrogens is 635 g/mol. The third kappa shape index (κ3) is 3.60. The van der Waals surface area contributed by atoms with Crippen molar-refractivity contribution in [3.05, 3.63) is 176 Å². The minimum absolute atomic E-state index is 0.869. The molecule has 0 aliphatic carbocycles. The second-order valence-electron chi connectivity index (χ2n) is 13.7. The van der Waals surface area contributed by atoms with Crippen LogP contribution in [0.4, 0.5) is 0 Å². The second-order valence-corrected chi connectivity index (χ2v) is 13.7. The van der Waals surface area contributed by atoms with Crippen LogP contribution in [0, 0.1) is 0 Å². The maximum atomic E-state index is 6.59. The minimum atomic E-state index is 0.869. The number of para-hydroxylation sites is 6. The average molecular weight is 664 g/mol. The van der Waals surface area contributed by atoms with Gasteiger partial charge in [0, 0.05) is 43.4 Å². The summed E-state index contributed by atoms with van der Waals surface area (Å²) >= 11 is 0. The van der Waals surface area contributed by atoms with E-state index in [9.17, 15) is 0 Å². The van der Waals surface area contributed by atoms with Gasteiger partial charge in [0.2, 0.25) is 0 Å². The van der Waals surface area contributed by atoms with Crippen molar-refractivity contribution in [3.8, 4) is 17.1 Å². The maximum Gasteiger partial charge on any atom is 0.137 e. The first-order valence-electron chi connectivity index (χ1n) is 17.8. The molecule has 4 nitrogen and oxygen atoms in total. The quantitative estimate of drug-likeness (QED) is 0.185. The molecule has 0 radical (unpaired) electrons. The molecule has 242 valence electrons. The van der Waals surface area contributed by atoms with E-state index in [1.165, 1.54) is 54.4 Å². The van der Waals surface area contributed by atoms with E-state index in [1.54, 1.807) is 0 Å². The van der Waals surface area contributed by atoms with Crippen molar-refractivity contribution in [2.75, 3.05) is 0 Å². The number of benzene rings is 8. The van der Waals surface area contributed by atoms with Gasteiger partial charge in [-0.1, -0.05) is 109 Å². The highest BCUT2D eigenvalue weighted by molar-refractivity contribution is 6.18. The summed E-state index contributed by atoms with van der Waals surface area (Å²) in [6.45, 7) is 0. The first-order chi connectivity index (χ1) is 25.8. The van der Waals surface area contributed by atoms with Gasteiger partial charge in [-0.15, -0.1) is 0 Å². The van der Waals surface area contributed by atoms with Gasteiger partial charge in [0.1, 0.15) is 11.2 Å². The molecule has 4 aromatic heterocycles. The molecule has 4 heterocycles. The lowest BCUT2D eigenvalue weighted by molar-refractivity contribution is 0.669. The smallest absolute Gasteiger partial charge is 0.137 e. The fraction of sp³-hybridized carbons (Fsp3) is 0. The van der Waals surface area contributed by atoms with E-state index in [4.69, 9.17) is 4.42 Å². The molecule has 0 unspecified atom stereocenters. The molecule has 0 spiro atoms. The molecule has 0 saturated heterocycles. The number of hydrogen-bond acceptors (Lipinski definition) is 1. The van der Waals surface area contributed by atoms with Crippen LogP contribution in [0.5, 0.6) is 0 Å². The molecule has 0 saturated carbocycles. The van der Waals surface area contributed by atoms with Gasteiger partial charge in [-0.25, -0.2) is 0 Å². The second kappa shape index (κ2) is 10.3. The average Bonchev–Trinajstić information content (AvgIpc) is 3.94. The number of aromatic nitrogens is 3. The van der Waals surface area contributed by atoms with Crippen molar-refractivity contribution in [3.63, 3.8) is 0 Å². The number of fused-ring (bicyclic) bond motifs is 12. The Balaban J connectivity index is 1.24. The summed E-state index contributed by atoms with van der Waals surface area (Å²) in [5.41, 5.74) is 12.1. The molecule has 4 heteroatoms. The highest BCUT2D eigenvalue weighted by atomic mass is 16.3. The van der Waals surface area contributed by atoms with E-state index in [-0.39, 0.29) is 0 Å². The Morgan fingerprint density at radius 3 is 1.33 bits per heavy atom. The molecule has 12 aromatic rings. The van der Waals surface area contributed by atoms with Gasteiger partial charge in [0.05, 0.1) is 49.9 Å². The zero-order chi connectivity index (χ0) is 33.9. The molecular formula is C48H29N3O. The number of nitrogens with zero attached hydrogens (tertiary/aromatic N) is 3. The van der Waals surface area contributed by atoms with Crippen LogP contribution in [0.1, 0.15) is 0 Å². The molecule has 0 amide bonds. The summed E-state index contributed by atoms with van der Waals surface area (Å²) in [6, 6.07) is 63.5. The Morgan fingerprint density at radius 2 is 0.750 bits per heavy atom. The predicted octanol–water partition coefficient (Wildman–Crippen LogP) is 12.9. The van der Waals surface area contributed by atoms with E-state index < -0.39 is 0 Å². The molecule has 0 fully saturated rings. The summed E-state index contributed by atoms with van der Waals surface area (Å²) < 4.78 is 13.9. The van der Waals surface area contributed by atoms with E-state index in [0.717, 1.165) is 50.0 Å².